The SMILES string of the molecule is F[C@@H]1CN(c2cc(Cl)nc3ncnn23)C[C@@H]1F. The quantitative estimate of drug-likeness (QED) is 0.724. The van der Waals surface area contributed by atoms with Gasteiger partial charge in [-0.2, -0.15) is 19.6 Å². The molecule has 0 amide bonds. The Hall–Kier alpha value is -1.50. The molecule has 8 heteroatoms. The molecule has 1 saturated heterocycles. The molecule has 3 rings (SSSR count). The number of halogens is 3. The first-order valence-electron chi connectivity index (χ1n) is 5.04. The zero-order valence-corrected chi connectivity index (χ0v) is 9.35. The van der Waals surface area contributed by atoms with Gasteiger partial charge in [0.15, 0.2) is 12.3 Å². The summed E-state index contributed by atoms with van der Waals surface area (Å²) < 4.78 is 27.8. The van der Waals surface area contributed by atoms with Gasteiger partial charge in [-0.05, 0) is 0 Å². The molecule has 0 radical (unpaired) electrons. The molecule has 0 aliphatic carbocycles. The third-order valence-corrected chi connectivity index (χ3v) is 2.90. The van der Waals surface area contributed by atoms with Crippen LogP contribution in [-0.2, 0) is 0 Å². The summed E-state index contributed by atoms with van der Waals surface area (Å²) in [5.74, 6) is 0.811. The van der Waals surface area contributed by atoms with Crippen LogP contribution in [0, 0.1) is 0 Å². The highest BCUT2D eigenvalue weighted by Crippen LogP contribution is 2.25. The van der Waals surface area contributed by atoms with Crippen LogP contribution in [0.3, 0.4) is 0 Å². The largest absolute Gasteiger partial charge is 0.350 e. The molecule has 3 heterocycles. The molecule has 0 unspecified atom stereocenters. The summed E-state index contributed by atoms with van der Waals surface area (Å²) in [7, 11) is 0. The van der Waals surface area contributed by atoms with Gasteiger partial charge in [-0.25, -0.2) is 8.78 Å². The number of alkyl halides is 2. The zero-order chi connectivity index (χ0) is 12.0. The summed E-state index contributed by atoms with van der Waals surface area (Å²) in [6.07, 6.45) is -1.65. The lowest BCUT2D eigenvalue weighted by Crippen LogP contribution is -2.23. The standard InChI is InChI=1S/C9H8ClF2N5/c10-7-1-8(16-2-5(11)6(12)3-16)17-9(15-7)13-4-14-17/h1,4-6H,2-3H2/t5-,6+. The monoisotopic (exact) mass is 259 g/mol. The van der Waals surface area contributed by atoms with Crippen molar-refractivity contribution >= 4 is 23.2 Å². The third-order valence-electron chi connectivity index (χ3n) is 2.71. The van der Waals surface area contributed by atoms with Gasteiger partial charge in [0.05, 0.1) is 13.1 Å². The summed E-state index contributed by atoms with van der Waals surface area (Å²) in [4.78, 5) is 9.38. The average molecular weight is 260 g/mol. The predicted octanol–water partition coefficient (Wildman–Crippen LogP) is 1.27. The van der Waals surface area contributed by atoms with E-state index in [0.29, 0.717) is 11.6 Å². The smallest absolute Gasteiger partial charge is 0.255 e. The Kier molecular flexibility index (Phi) is 2.36. The van der Waals surface area contributed by atoms with E-state index in [1.165, 1.54) is 16.9 Å². The van der Waals surface area contributed by atoms with Crippen LogP contribution in [0.4, 0.5) is 14.6 Å². The van der Waals surface area contributed by atoms with Crippen LogP contribution in [0.5, 0.6) is 0 Å². The predicted molar refractivity (Wildman–Crippen MR) is 57.8 cm³/mol. The van der Waals surface area contributed by atoms with Crippen molar-refractivity contribution in [3.8, 4) is 0 Å². The number of anilines is 1. The van der Waals surface area contributed by atoms with Crippen LogP contribution in [-0.4, -0.2) is 45.0 Å². The molecule has 0 spiro atoms. The molecular weight excluding hydrogens is 252 g/mol. The van der Waals surface area contributed by atoms with Gasteiger partial charge in [0.2, 0.25) is 0 Å². The van der Waals surface area contributed by atoms with Crippen molar-refractivity contribution < 1.29 is 8.78 Å². The highest BCUT2D eigenvalue weighted by Gasteiger charge is 2.34. The fourth-order valence-electron chi connectivity index (χ4n) is 1.91. The highest BCUT2D eigenvalue weighted by molar-refractivity contribution is 6.29. The second-order valence-corrected chi connectivity index (χ2v) is 4.23. The number of aromatic nitrogens is 4. The molecule has 1 fully saturated rings. The van der Waals surface area contributed by atoms with Crippen molar-refractivity contribution in [3.63, 3.8) is 0 Å². The van der Waals surface area contributed by atoms with Crippen LogP contribution >= 0.6 is 11.6 Å². The summed E-state index contributed by atoms with van der Waals surface area (Å²) in [5.41, 5.74) is 0. The van der Waals surface area contributed by atoms with Crippen LogP contribution < -0.4 is 4.90 Å². The van der Waals surface area contributed by atoms with Crippen molar-refractivity contribution in [1.29, 1.82) is 0 Å². The molecule has 90 valence electrons. The van der Waals surface area contributed by atoms with Crippen LogP contribution in [0.2, 0.25) is 5.15 Å². The molecule has 2 aromatic heterocycles. The maximum atomic E-state index is 13.2. The van der Waals surface area contributed by atoms with Gasteiger partial charge in [-0.3, -0.25) is 0 Å². The van der Waals surface area contributed by atoms with Gasteiger partial charge < -0.3 is 4.90 Å². The van der Waals surface area contributed by atoms with E-state index in [4.69, 9.17) is 11.6 Å². The Labute approximate surface area is 100 Å². The maximum absolute atomic E-state index is 13.2. The van der Waals surface area contributed by atoms with E-state index >= 15 is 0 Å². The fourth-order valence-corrected chi connectivity index (χ4v) is 2.08. The lowest BCUT2D eigenvalue weighted by atomic mass is 10.3. The van der Waals surface area contributed by atoms with Gasteiger partial charge in [0, 0.05) is 6.07 Å². The average Bonchev–Trinajstić information content (AvgIpc) is 2.85. The van der Waals surface area contributed by atoms with E-state index in [1.807, 2.05) is 0 Å². The lowest BCUT2D eigenvalue weighted by molar-refractivity contribution is 0.217. The summed E-state index contributed by atoms with van der Waals surface area (Å²) in [6.45, 7) is -0.0348. The number of nitrogens with zero attached hydrogens (tertiary/aromatic N) is 5. The van der Waals surface area contributed by atoms with Gasteiger partial charge in [0.25, 0.3) is 5.78 Å². The highest BCUT2D eigenvalue weighted by atomic mass is 35.5. The van der Waals surface area contributed by atoms with Gasteiger partial charge in [-0.15, -0.1) is 0 Å². The van der Waals surface area contributed by atoms with E-state index in [0.717, 1.165) is 0 Å². The minimum atomic E-state index is -1.49. The van der Waals surface area contributed by atoms with E-state index in [9.17, 15) is 8.78 Å². The normalized spacial score (nSPS) is 24.8. The minimum absolute atomic E-state index is 0.0174. The molecule has 17 heavy (non-hydrogen) atoms. The first-order chi connectivity index (χ1) is 8.15. The van der Waals surface area contributed by atoms with E-state index in [1.54, 1.807) is 4.90 Å². The van der Waals surface area contributed by atoms with Crippen molar-refractivity contribution in [1.82, 2.24) is 19.6 Å². The molecule has 2 aromatic rings. The van der Waals surface area contributed by atoms with E-state index < -0.39 is 12.3 Å². The third kappa shape index (κ3) is 1.70. The van der Waals surface area contributed by atoms with Crippen LogP contribution in [0.15, 0.2) is 12.4 Å². The molecular formula is C9H8ClF2N5. The Morgan fingerprint density at radius 1 is 1.29 bits per heavy atom. The lowest BCUT2D eigenvalue weighted by Gasteiger charge is -2.17. The fraction of sp³-hybridized carbons (Fsp3) is 0.444. The first kappa shape index (κ1) is 10.6. The van der Waals surface area contributed by atoms with Crippen molar-refractivity contribution in [2.75, 3.05) is 18.0 Å². The number of rotatable bonds is 1. The number of hydrogen-bond donors (Lipinski definition) is 0. The first-order valence-corrected chi connectivity index (χ1v) is 5.42. The number of fused-ring (bicyclic) bond motifs is 1. The summed E-state index contributed by atoms with van der Waals surface area (Å²) in [5, 5.41) is 4.17. The maximum Gasteiger partial charge on any atom is 0.255 e. The van der Waals surface area contributed by atoms with Gasteiger partial charge in [0.1, 0.15) is 17.3 Å². The Morgan fingerprint density at radius 2 is 2.00 bits per heavy atom. The van der Waals surface area contributed by atoms with E-state index in [2.05, 4.69) is 15.1 Å². The topological polar surface area (TPSA) is 46.3 Å². The Balaban J connectivity index is 2.08. The minimum Gasteiger partial charge on any atom is -0.350 e. The van der Waals surface area contributed by atoms with Crippen molar-refractivity contribution in [3.05, 3.63) is 17.5 Å². The van der Waals surface area contributed by atoms with Gasteiger partial charge in [-0.1, -0.05) is 11.6 Å². The Bertz CT molecular complexity index is 549. The molecule has 5 nitrogen and oxygen atoms in total. The molecule has 1 aliphatic heterocycles. The van der Waals surface area contributed by atoms with Crippen molar-refractivity contribution in [2.24, 2.45) is 0 Å². The second kappa shape index (κ2) is 3.76. The van der Waals surface area contributed by atoms with Crippen LogP contribution in [0.25, 0.3) is 5.78 Å². The molecule has 1 aliphatic rings. The molecule has 0 saturated carbocycles. The van der Waals surface area contributed by atoms with E-state index in [-0.39, 0.29) is 18.2 Å². The second-order valence-electron chi connectivity index (χ2n) is 3.85. The summed E-state index contributed by atoms with van der Waals surface area (Å²) in [6, 6.07) is 1.52. The zero-order valence-electron chi connectivity index (χ0n) is 8.59. The molecule has 0 N–H and O–H groups in total. The van der Waals surface area contributed by atoms with Crippen molar-refractivity contribution in [2.45, 2.75) is 12.3 Å². The summed E-state index contributed by atoms with van der Waals surface area (Å²) >= 11 is 5.83. The van der Waals surface area contributed by atoms with Crippen LogP contribution in [0.1, 0.15) is 0 Å². The number of hydrogen-bond acceptors (Lipinski definition) is 4. The molecule has 0 aromatic carbocycles. The Morgan fingerprint density at radius 3 is 2.71 bits per heavy atom. The molecule has 0 bridgehead atoms. The molecule has 2 atom stereocenters. The van der Waals surface area contributed by atoms with Gasteiger partial charge >= 0.3 is 0 Å².